The predicted molar refractivity (Wildman–Crippen MR) is 128 cm³/mol. The van der Waals surface area contributed by atoms with Gasteiger partial charge in [0.25, 0.3) is 0 Å². The van der Waals surface area contributed by atoms with Crippen LogP contribution in [0.3, 0.4) is 0 Å². The second-order valence-electron chi connectivity index (χ2n) is 7.52. The first-order valence-corrected chi connectivity index (χ1v) is 11.1. The molecular weight excluding hydrogens is 452 g/mol. The van der Waals surface area contributed by atoms with Crippen molar-refractivity contribution in [2.45, 2.75) is 31.8 Å². The minimum absolute atomic E-state index is 0.0586. The minimum atomic E-state index is -0.576. The molecule has 31 heavy (non-hydrogen) atoms. The van der Waals surface area contributed by atoms with Gasteiger partial charge in [-0.1, -0.05) is 88.7 Å². The molecule has 0 radical (unpaired) electrons. The number of carbonyl (C=O) groups excluding carboxylic acids is 2. The van der Waals surface area contributed by atoms with Crippen molar-refractivity contribution in [2.24, 2.45) is 0 Å². The largest absolute Gasteiger partial charge is 0.357 e. The number of likely N-dealkylation sites (N-methyl/N-ethyl adjacent to an activating group) is 1. The molecule has 0 aromatic heterocycles. The van der Waals surface area contributed by atoms with E-state index in [4.69, 9.17) is 0 Å². The molecule has 160 valence electrons. The van der Waals surface area contributed by atoms with Crippen LogP contribution in [0.25, 0.3) is 0 Å². The van der Waals surface area contributed by atoms with Crippen LogP contribution in [0, 0.1) is 0 Å². The van der Waals surface area contributed by atoms with Crippen molar-refractivity contribution in [2.75, 3.05) is 7.05 Å². The van der Waals surface area contributed by atoms with Gasteiger partial charge in [-0.2, -0.15) is 0 Å². The van der Waals surface area contributed by atoms with Gasteiger partial charge in [-0.25, -0.2) is 0 Å². The zero-order valence-corrected chi connectivity index (χ0v) is 19.4. The van der Waals surface area contributed by atoms with Crippen LogP contribution in [0.4, 0.5) is 0 Å². The smallest absolute Gasteiger partial charge is 0.242 e. The molecule has 3 rings (SSSR count). The zero-order valence-electron chi connectivity index (χ0n) is 17.8. The molecule has 5 heteroatoms. The van der Waals surface area contributed by atoms with E-state index in [1.807, 2.05) is 84.9 Å². The van der Waals surface area contributed by atoms with Crippen molar-refractivity contribution in [3.8, 4) is 0 Å². The Morgan fingerprint density at radius 3 is 1.87 bits per heavy atom. The molecule has 0 saturated heterocycles. The quantitative estimate of drug-likeness (QED) is 0.487. The molecule has 0 bridgehead atoms. The fraction of sp³-hybridized carbons (Fsp3) is 0.231. The number of carbonyl (C=O) groups is 2. The summed E-state index contributed by atoms with van der Waals surface area (Å²) in [5.41, 5.74) is 3.14. The van der Waals surface area contributed by atoms with E-state index in [2.05, 4.69) is 21.2 Å². The highest BCUT2D eigenvalue weighted by molar-refractivity contribution is 9.10. The first-order valence-electron chi connectivity index (χ1n) is 10.3. The van der Waals surface area contributed by atoms with E-state index in [0.717, 1.165) is 21.2 Å². The van der Waals surface area contributed by atoms with Gasteiger partial charge in [0.15, 0.2) is 0 Å². The SMILES string of the molecule is CNC(=O)C(C)N(Cc1ccc(Br)cc1)C(=O)CC(c1ccccc1)c1ccccc1. The van der Waals surface area contributed by atoms with E-state index in [1.54, 1.807) is 18.9 Å². The fourth-order valence-corrected chi connectivity index (χ4v) is 3.93. The highest BCUT2D eigenvalue weighted by Gasteiger charge is 2.28. The highest BCUT2D eigenvalue weighted by Crippen LogP contribution is 2.29. The summed E-state index contributed by atoms with van der Waals surface area (Å²) in [5, 5.41) is 2.67. The molecule has 3 aromatic rings. The van der Waals surface area contributed by atoms with Crippen LogP contribution in [0.1, 0.15) is 36.0 Å². The Morgan fingerprint density at radius 2 is 1.39 bits per heavy atom. The molecule has 3 aromatic carbocycles. The lowest BCUT2D eigenvalue weighted by Gasteiger charge is -2.30. The standard InChI is InChI=1S/C26H27BrN2O2/c1-19(26(31)28-2)29(18-20-13-15-23(27)16-14-20)25(30)17-24(21-9-5-3-6-10-21)22-11-7-4-8-12-22/h3-16,19,24H,17-18H2,1-2H3,(H,28,31). The van der Waals surface area contributed by atoms with Crippen molar-refractivity contribution in [3.63, 3.8) is 0 Å². The maximum atomic E-state index is 13.6. The zero-order chi connectivity index (χ0) is 22.2. The first-order chi connectivity index (χ1) is 15.0. The molecule has 4 nitrogen and oxygen atoms in total. The lowest BCUT2D eigenvalue weighted by atomic mass is 9.88. The van der Waals surface area contributed by atoms with Gasteiger partial charge in [0.1, 0.15) is 6.04 Å². The molecule has 1 atom stereocenters. The van der Waals surface area contributed by atoms with Gasteiger partial charge < -0.3 is 10.2 Å². The highest BCUT2D eigenvalue weighted by atomic mass is 79.9. The minimum Gasteiger partial charge on any atom is -0.357 e. The second kappa shape index (κ2) is 10.9. The van der Waals surface area contributed by atoms with E-state index in [1.165, 1.54) is 0 Å². The van der Waals surface area contributed by atoms with Gasteiger partial charge >= 0.3 is 0 Å². The Hall–Kier alpha value is -2.92. The normalized spacial score (nSPS) is 11.7. The third kappa shape index (κ3) is 6.05. The topological polar surface area (TPSA) is 49.4 Å². The number of rotatable bonds is 8. The number of nitrogens with one attached hydrogen (secondary N) is 1. The van der Waals surface area contributed by atoms with Gasteiger partial charge in [0, 0.05) is 30.4 Å². The number of benzene rings is 3. The van der Waals surface area contributed by atoms with Crippen LogP contribution in [-0.2, 0) is 16.1 Å². The molecule has 0 fully saturated rings. The molecule has 0 spiro atoms. The number of amides is 2. The molecule has 1 unspecified atom stereocenters. The van der Waals surface area contributed by atoms with E-state index < -0.39 is 6.04 Å². The second-order valence-corrected chi connectivity index (χ2v) is 8.43. The van der Waals surface area contributed by atoms with E-state index in [0.29, 0.717) is 6.54 Å². The molecule has 0 aliphatic rings. The third-order valence-corrected chi connectivity index (χ3v) is 5.99. The third-order valence-electron chi connectivity index (χ3n) is 5.46. The molecular formula is C26H27BrN2O2. The summed E-state index contributed by atoms with van der Waals surface area (Å²) in [4.78, 5) is 27.7. The number of hydrogen-bond donors (Lipinski definition) is 1. The number of halogens is 1. The molecule has 1 N–H and O–H groups in total. The van der Waals surface area contributed by atoms with Crippen molar-refractivity contribution < 1.29 is 9.59 Å². The molecule has 0 heterocycles. The van der Waals surface area contributed by atoms with Crippen LogP contribution in [-0.4, -0.2) is 29.8 Å². The lowest BCUT2D eigenvalue weighted by Crippen LogP contribution is -2.47. The average Bonchev–Trinajstić information content (AvgIpc) is 2.82. The molecule has 0 aliphatic carbocycles. The van der Waals surface area contributed by atoms with Gasteiger partial charge in [0.05, 0.1) is 0 Å². The maximum absolute atomic E-state index is 13.6. The van der Waals surface area contributed by atoms with E-state index in [-0.39, 0.29) is 24.2 Å². The van der Waals surface area contributed by atoms with Gasteiger partial charge in [0.2, 0.25) is 11.8 Å². The van der Waals surface area contributed by atoms with Crippen molar-refractivity contribution >= 4 is 27.7 Å². The van der Waals surface area contributed by atoms with Gasteiger partial charge in [-0.15, -0.1) is 0 Å². The fourth-order valence-electron chi connectivity index (χ4n) is 3.67. The number of hydrogen-bond acceptors (Lipinski definition) is 2. The maximum Gasteiger partial charge on any atom is 0.242 e. The van der Waals surface area contributed by atoms with Crippen LogP contribution in [0.2, 0.25) is 0 Å². The van der Waals surface area contributed by atoms with Crippen molar-refractivity contribution in [1.29, 1.82) is 0 Å². The summed E-state index contributed by atoms with van der Waals surface area (Å²) < 4.78 is 0.974. The summed E-state index contributed by atoms with van der Waals surface area (Å²) in [5.74, 6) is -0.322. The monoisotopic (exact) mass is 478 g/mol. The van der Waals surface area contributed by atoms with Crippen molar-refractivity contribution in [1.82, 2.24) is 10.2 Å². The molecule has 0 saturated carbocycles. The van der Waals surface area contributed by atoms with E-state index in [9.17, 15) is 9.59 Å². The Labute approximate surface area is 192 Å². The summed E-state index contributed by atoms with van der Waals surface area (Å²) >= 11 is 3.44. The Morgan fingerprint density at radius 1 is 0.871 bits per heavy atom. The Balaban J connectivity index is 1.90. The summed E-state index contributed by atoms with van der Waals surface area (Å²) in [7, 11) is 1.60. The average molecular weight is 479 g/mol. The van der Waals surface area contributed by atoms with Crippen LogP contribution in [0.5, 0.6) is 0 Å². The van der Waals surface area contributed by atoms with E-state index >= 15 is 0 Å². The first kappa shape index (κ1) is 22.8. The predicted octanol–water partition coefficient (Wildman–Crippen LogP) is 5.13. The van der Waals surface area contributed by atoms with Crippen LogP contribution < -0.4 is 5.32 Å². The Bertz CT molecular complexity index is 951. The molecule has 2 amide bonds. The van der Waals surface area contributed by atoms with Crippen molar-refractivity contribution in [3.05, 3.63) is 106 Å². The Kier molecular flexibility index (Phi) is 8.01. The summed E-state index contributed by atoms with van der Waals surface area (Å²) in [6.07, 6.45) is 0.284. The van der Waals surface area contributed by atoms with Gasteiger partial charge in [-0.3, -0.25) is 9.59 Å². The number of nitrogens with zero attached hydrogens (tertiary/aromatic N) is 1. The van der Waals surface area contributed by atoms with Gasteiger partial charge in [-0.05, 0) is 35.7 Å². The summed E-state index contributed by atoms with van der Waals surface area (Å²) in [6.45, 7) is 2.15. The van der Waals surface area contributed by atoms with Crippen LogP contribution in [0.15, 0.2) is 89.4 Å². The lowest BCUT2D eigenvalue weighted by molar-refractivity contribution is -0.140. The molecule has 0 aliphatic heterocycles. The summed E-state index contributed by atoms with van der Waals surface area (Å²) in [6, 6.07) is 27.3. The van der Waals surface area contributed by atoms with Crippen LogP contribution >= 0.6 is 15.9 Å².